The first-order valence-electron chi connectivity index (χ1n) is 7.63. The number of rotatable bonds is 6. The number of halogens is 1. The van der Waals surface area contributed by atoms with Crippen LogP contribution in [0.1, 0.15) is 29.8 Å². The molecule has 0 bridgehead atoms. The summed E-state index contributed by atoms with van der Waals surface area (Å²) < 4.78 is 5.48. The van der Waals surface area contributed by atoms with Crippen molar-refractivity contribution < 1.29 is 14.3 Å². The lowest BCUT2D eigenvalue weighted by Gasteiger charge is -2.11. The van der Waals surface area contributed by atoms with Crippen molar-refractivity contribution in [1.29, 1.82) is 0 Å². The molecule has 0 radical (unpaired) electrons. The Morgan fingerprint density at radius 3 is 2.56 bits per heavy atom. The zero-order chi connectivity index (χ0) is 18.2. The summed E-state index contributed by atoms with van der Waals surface area (Å²) in [6.45, 7) is 3.61. The van der Waals surface area contributed by atoms with E-state index in [0.717, 1.165) is 5.56 Å². The molecule has 25 heavy (non-hydrogen) atoms. The van der Waals surface area contributed by atoms with Crippen molar-refractivity contribution in [3.05, 3.63) is 58.6 Å². The van der Waals surface area contributed by atoms with Crippen molar-refractivity contribution >= 4 is 35.3 Å². The van der Waals surface area contributed by atoms with Gasteiger partial charge in [-0.2, -0.15) is 5.10 Å². The maximum atomic E-state index is 12.3. The van der Waals surface area contributed by atoms with Crippen molar-refractivity contribution in [3.63, 3.8) is 0 Å². The molecule has 0 aliphatic rings. The Hall–Kier alpha value is -2.86. The SMILES string of the molecule is CCOc1cc(NC(C)=O)ccc1C(=O)N/N=C\c1ccc(Cl)cc1. The van der Waals surface area contributed by atoms with E-state index in [1.165, 1.54) is 13.1 Å². The maximum Gasteiger partial charge on any atom is 0.275 e. The van der Waals surface area contributed by atoms with Crippen LogP contribution in [0.25, 0.3) is 0 Å². The fourth-order valence-electron chi connectivity index (χ4n) is 2.04. The molecule has 2 N–H and O–H groups in total. The second kappa shape index (κ2) is 8.84. The monoisotopic (exact) mass is 359 g/mol. The van der Waals surface area contributed by atoms with Crippen LogP contribution in [-0.4, -0.2) is 24.6 Å². The predicted octanol–water partition coefficient (Wildman–Crippen LogP) is 3.46. The predicted molar refractivity (Wildman–Crippen MR) is 98.4 cm³/mol. The molecule has 130 valence electrons. The molecule has 0 atom stereocenters. The van der Waals surface area contributed by atoms with Gasteiger partial charge in [-0.3, -0.25) is 9.59 Å². The first-order valence-corrected chi connectivity index (χ1v) is 8.00. The van der Waals surface area contributed by atoms with Gasteiger partial charge in [0.25, 0.3) is 5.91 Å². The molecule has 6 nitrogen and oxygen atoms in total. The molecule has 0 saturated heterocycles. The molecule has 7 heteroatoms. The summed E-state index contributed by atoms with van der Waals surface area (Å²) in [6, 6.07) is 11.8. The largest absolute Gasteiger partial charge is 0.493 e. The summed E-state index contributed by atoms with van der Waals surface area (Å²) in [6.07, 6.45) is 1.51. The number of hydrogen-bond acceptors (Lipinski definition) is 4. The summed E-state index contributed by atoms with van der Waals surface area (Å²) in [5.41, 5.74) is 4.13. The van der Waals surface area contributed by atoms with Crippen molar-refractivity contribution in [1.82, 2.24) is 5.43 Å². The van der Waals surface area contributed by atoms with Gasteiger partial charge in [0.15, 0.2) is 0 Å². The molecular weight excluding hydrogens is 342 g/mol. The van der Waals surface area contributed by atoms with Gasteiger partial charge in [-0.05, 0) is 36.8 Å². The van der Waals surface area contributed by atoms with Gasteiger partial charge in [0.05, 0.1) is 18.4 Å². The van der Waals surface area contributed by atoms with Gasteiger partial charge in [0.2, 0.25) is 5.91 Å². The lowest BCUT2D eigenvalue weighted by molar-refractivity contribution is -0.114. The van der Waals surface area contributed by atoms with Crippen molar-refractivity contribution in [2.45, 2.75) is 13.8 Å². The van der Waals surface area contributed by atoms with Gasteiger partial charge >= 0.3 is 0 Å². The first kappa shape index (κ1) is 18.5. The molecular formula is C18H18ClN3O3. The van der Waals surface area contributed by atoms with E-state index in [4.69, 9.17) is 16.3 Å². The number of nitrogens with zero attached hydrogens (tertiary/aromatic N) is 1. The van der Waals surface area contributed by atoms with Gasteiger partial charge in [-0.25, -0.2) is 5.43 Å². The zero-order valence-electron chi connectivity index (χ0n) is 13.9. The van der Waals surface area contributed by atoms with Crippen LogP contribution in [-0.2, 0) is 4.79 Å². The average molecular weight is 360 g/mol. The highest BCUT2D eigenvalue weighted by atomic mass is 35.5. The highest BCUT2D eigenvalue weighted by Crippen LogP contribution is 2.23. The minimum Gasteiger partial charge on any atom is -0.493 e. The summed E-state index contributed by atoms with van der Waals surface area (Å²) in [4.78, 5) is 23.4. The Balaban J connectivity index is 2.11. The molecule has 0 aliphatic heterocycles. The van der Waals surface area contributed by atoms with Crippen LogP contribution in [0.3, 0.4) is 0 Å². The minimum absolute atomic E-state index is 0.202. The van der Waals surface area contributed by atoms with Crippen LogP contribution in [0.2, 0.25) is 5.02 Å². The number of hydrogen-bond donors (Lipinski definition) is 2. The molecule has 0 aromatic heterocycles. The third-order valence-corrected chi connectivity index (χ3v) is 3.35. The molecule has 0 unspecified atom stereocenters. The number of nitrogens with one attached hydrogen (secondary N) is 2. The second-order valence-corrected chi connectivity index (χ2v) is 5.51. The van der Waals surface area contributed by atoms with E-state index in [9.17, 15) is 9.59 Å². The third kappa shape index (κ3) is 5.61. The van der Waals surface area contributed by atoms with E-state index in [2.05, 4.69) is 15.8 Å². The van der Waals surface area contributed by atoms with Gasteiger partial charge in [-0.15, -0.1) is 0 Å². The van der Waals surface area contributed by atoms with Gasteiger partial charge < -0.3 is 10.1 Å². The number of hydrazone groups is 1. The van der Waals surface area contributed by atoms with Crippen molar-refractivity contribution in [2.24, 2.45) is 5.10 Å². The van der Waals surface area contributed by atoms with Crippen LogP contribution >= 0.6 is 11.6 Å². The second-order valence-electron chi connectivity index (χ2n) is 5.08. The summed E-state index contributed by atoms with van der Waals surface area (Å²) in [7, 11) is 0. The lowest BCUT2D eigenvalue weighted by Crippen LogP contribution is -2.19. The molecule has 2 aromatic rings. The van der Waals surface area contributed by atoms with Gasteiger partial charge in [0.1, 0.15) is 5.75 Å². The van der Waals surface area contributed by atoms with E-state index in [1.54, 1.807) is 42.5 Å². The quantitative estimate of drug-likeness (QED) is 0.612. The van der Waals surface area contributed by atoms with Crippen LogP contribution in [0.5, 0.6) is 5.75 Å². The number of carbonyl (C=O) groups excluding carboxylic acids is 2. The van der Waals surface area contributed by atoms with Crippen LogP contribution < -0.4 is 15.5 Å². The standard InChI is InChI=1S/C18H18ClN3O3/c1-3-25-17-10-15(21-12(2)23)8-9-16(17)18(24)22-20-11-13-4-6-14(19)7-5-13/h4-11H,3H2,1-2H3,(H,21,23)(H,22,24)/b20-11-. The normalized spacial score (nSPS) is 10.5. The highest BCUT2D eigenvalue weighted by Gasteiger charge is 2.13. The molecule has 2 rings (SSSR count). The first-order chi connectivity index (χ1) is 12.0. The number of ether oxygens (including phenoxy) is 1. The summed E-state index contributed by atoms with van der Waals surface area (Å²) in [5, 5.41) is 7.20. The smallest absolute Gasteiger partial charge is 0.275 e. The number of carbonyl (C=O) groups is 2. The topological polar surface area (TPSA) is 79.8 Å². The van der Waals surface area contributed by atoms with E-state index in [1.807, 2.05) is 6.92 Å². The lowest BCUT2D eigenvalue weighted by atomic mass is 10.1. The van der Waals surface area contributed by atoms with Crippen molar-refractivity contribution in [2.75, 3.05) is 11.9 Å². The van der Waals surface area contributed by atoms with Crippen LogP contribution in [0.4, 0.5) is 5.69 Å². The van der Waals surface area contributed by atoms with E-state index < -0.39 is 5.91 Å². The van der Waals surface area contributed by atoms with Gasteiger partial charge in [-0.1, -0.05) is 23.7 Å². The average Bonchev–Trinajstić information content (AvgIpc) is 2.56. The summed E-state index contributed by atoms with van der Waals surface area (Å²) >= 11 is 5.81. The number of anilines is 1. The Labute approximate surface area is 150 Å². The molecule has 2 amide bonds. The van der Waals surface area contributed by atoms with Gasteiger partial charge in [0, 0.05) is 23.7 Å². The highest BCUT2D eigenvalue weighted by molar-refractivity contribution is 6.30. The van der Waals surface area contributed by atoms with Crippen LogP contribution in [0.15, 0.2) is 47.6 Å². The fourth-order valence-corrected chi connectivity index (χ4v) is 2.17. The fraction of sp³-hybridized carbons (Fsp3) is 0.167. The van der Waals surface area contributed by atoms with Crippen molar-refractivity contribution in [3.8, 4) is 5.75 Å². The Bertz CT molecular complexity index is 789. The molecule has 0 heterocycles. The number of benzene rings is 2. The molecule has 0 saturated carbocycles. The van der Waals surface area contributed by atoms with E-state index >= 15 is 0 Å². The Morgan fingerprint density at radius 2 is 1.92 bits per heavy atom. The minimum atomic E-state index is -0.414. The Morgan fingerprint density at radius 1 is 1.20 bits per heavy atom. The van der Waals surface area contributed by atoms with E-state index in [0.29, 0.717) is 28.6 Å². The number of amides is 2. The van der Waals surface area contributed by atoms with E-state index in [-0.39, 0.29) is 5.91 Å². The zero-order valence-corrected chi connectivity index (χ0v) is 14.6. The van der Waals surface area contributed by atoms with Crippen LogP contribution in [0, 0.1) is 0 Å². The third-order valence-electron chi connectivity index (χ3n) is 3.10. The molecule has 0 fully saturated rings. The maximum absolute atomic E-state index is 12.3. The molecule has 0 aliphatic carbocycles. The summed E-state index contributed by atoms with van der Waals surface area (Å²) in [5.74, 6) is -0.247. The Kier molecular flexibility index (Phi) is 6.54. The molecule has 2 aromatic carbocycles. The molecule has 0 spiro atoms.